The first kappa shape index (κ1) is 26.1. The Morgan fingerprint density at radius 3 is 2.64 bits per heavy atom. The Hall–Kier alpha value is -3.10. The lowest BCUT2D eigenvalue weighted by atomic mass is 9.92. The molecule has 6 rings (SSSR count). The summed E-state index contributed by atoms with van der Waals surface area (Å²) in [6, 6.07) is 20.5. The van der Waals surface area contributed by atoms with E-state index in [1.165, 1.54) is 17.7 Å². The van der Waals surface area contributed by atoms with Gasteiger partial charge in [-0.1, -0.05) is 23.7 Å². The van der Waals surface area contributed by atoms with Crippen LogP contribution >= 0.6 is 11.6 Å². The number of fused-ring (bicyclic) bond motifs is 3. The summed E-state index contributed by atoms with van der Waals surface area (Å²) in [6.45, 7) is 6.47. The van der Waals surface area contributed by atoms with E-state index in [9.17, 15) is 4.39 Å². The molecule has 2 aliphatic heterocycles. The third kappa shape index (κ3) is 6.07. The van der Waals surface area contributed by atoms with Crippen molar-refractivity contribution in [3.05, 3.63) is 94.4 Å². The molecule has 0 saturated carbocycles. The Bertz CT molecular complexity index is 1400. The van der Waals surface area contributed by atoms with Crippen LogP contribution in [0.3, 0.4) is 0 Å². The highest BCUT2D eigenvalue weighted by molar-refractivity contribution is 6.31. The first-order chi connectivity index (χ1) is 19.1. The third-order valence-corrected chi connectivity index (χ3v) is 7.80. The molecule has 1 fully saturated rings. The van der Waals surface area contributed by atoms with Gasteiger partial charge in [-0.3, -0.25) is 9.80 Å². The molecule has 2 aliphatic rings. The number of H-pyrrole nitrogens is 1. The van der Waals surface area contributed by atoms with Gasteiger partial charge in [-0.15, -0.1) is 0 Å². The van der Waals surface area contributed by atoms with Crippen molar-refractivity contribution in [2.24, 2.45) is 0 Å². The molecule has 8 heteroatoms. The summed E-state index contributed by atoms with van der Waals surface area (Å²) < 4.78 is 31.2. The van der Waals surface area contributed by atoms with Gasteiger partial charge in [-0.25, -0.2) is 4.39 Å². The molecule has 3 aromatic carbocycles. The number of rotatable bonds is 9. The van der Waals surface area contributed by atoms with Crippen LogP contribution in [0.15, 0.2) is 66.7 Å². The van der Waals surface area contributed by atoms with E-state index in [1.54, 1.807) is 12.1 Å². The predicted octanol–water partition coefficient (Wildman–Crippen LogP) is 6.05. The largest absolute Gasteiger partial charge is 0.494 e. The fourth-order valence-corrected chi connectivity index (χ4v) is 5.76. The van der Waals surface area contributed by atoms with Crippen molar-refractivity contribution in [2.75, 3.05) is 52.7 Å². The van der Waals surface area contributed by atoms with Crippen LogP contribution < -0.4 is 9.47 Å². The molecule has 1 N–H and O–H groups in total. The highest BCUT2D eigenvalue weighted by Crippen LogP contribution is 2.39. The van der Waals surface area contributed by atoms with E-state index in [4.69, 9.17) is 25.8 Å². The lowest BCUT2D eigenvalue weighted by Crippen LogP contribution is -2.38. The van der Waals surface area contributed by atoms with E-state index in [2.05, 4.69) is 33.0 Å². The second-order valence-electron chi connectivity index (χ2n) is 10.1. The second kappa shape index (κ2) is 12.0. The number of benzene rings is 3. The van der Waals surface area contributed by atoms with Gasteiger partial charge in [0.05, 0.1) is 25.9 Å². The topological polar surface area (TPSA) is 50.0 Å². The molecule has 0 spiro atoms. The average Bonchev–Trinajstić information content (AvgIpc) is 3.33. The molecule has 1 saturated heterocycles. The summed E-state index contributed by atoms with van der Waals surface area (Å²) in [6.07, 6.45) is 1.84. The minimum absolute atomic E-state index is 0.0581. The van der Waals surface area contributed by atoms with Crippen molar-refractivity contribution in [3.63, 3.8) is 0 Å². The normalized spacial score (nSPS) is 18.3. The monoisotopic (exact) mass is 549 g/mol. The molecule has 4 aromatic rings. The van der Waals surface area contributed by atoms with Crippen LogP contribution in [0.4, 0.5) is 4.39 Å². The maximum atomic E-state index is 13.4. The zero-order chi connectivity index (χ0) is 26.6. The summed E-state index contributed by atoms with van der Waals surface area (Å²) in [4.78, 5) is 8.40. The van der Waals surface area contributed by atoms with Crippen molar-refractivity contribution < 1.29 is 18.6 Å². The highest BCUT2D eigenvalue weighted by Gasteiger charge is 2.32. The van der Waals surface area contributed by atoms with Gasteiger partial charge in [0, 0.05) is 47.8 Å². The Morgan fingerprint density at radius 2 is 1.79 bits per heavy atom. The Balaban J connectivity index is 1.23. The molecule has 39 heavy (non-hydrogen) atoms. The standard InChI is InChI=1S/C31H33ClFN3O3/c32-23-5-10-29-28(20-23)27-11-13-36(21-39-25-8-6-24(33)7-9-25)31(30(27)34-29)22-3-1-4-26(19-22)38-16-2-12-35-14-17-37-18-15-35/h1,3-10,19-20,31,34H,2,11-18,21H2. The molecule has 0 amide bonds. The summed E-state index contributed by atoms with van der Waals surface area (Å²) >= 11 is 6.36. The van der Waals surface area contributed by atoms with Crippen LogP contribution in [0.5, 0.6) is 11.5 Å². The SMILES string of the molecule is Fc1ccc(OCN2CCc3c([nH]c4ccc(Cl)cc34)C2c2cccc(OCCCN3CCOCC3)c2)cc1. The number of halogens is 2. The van der Waals surface area contributed by atoms with Crippen molar-refractivity contribution in [3.8, 4) is 11.5 Å². The molecule has 0 aliphatic carbocycles. The summed E-state index contributed by atoms with van der Waals surface area (Å²) in [7, 11) is 0. The van der Waals surface area contributed by atoms with Crippen LogP contribution in [0.2, 0.25) is 5.02 Å². The van der Waals surface area contributed by atoms with Crippen LogP contribution in [-0.4, -0.2) is 67.5 Å². The smallest absolute Gasteiger partial charge is 0.142 e. The van der Waals surface area contributed by atoms with Gasteiger partial charge in [0.25, 0.3) is 0 Å². The molecule has 0 bridgehead atoms. The fourth-order valence-electron chi connectivity index (χ4n) is 5.59. The van der Waals surface area contributed by atoms with Crippen molar-refractivity contribution in [1.29, 1.82) is 0 Å². The number of aromatic nitrogens is 1. The van der Waals surface area contributed by atoms with Gasteiger partial charge in [-0.05, 0) is 78.6 Å². The number of ether oxygens (including phenoxy) is 3. The number of morpholine rings is 1. The van der Waals surface area contributed by atoms with E-state index >= 15 is 0 Å². The minimum Gasteiger partial charge on any atom is -0.494 e. The average molecular weight is 550 g/mol. The van der Waals surface area contributed by atoms with Crippen LogP contribution in [0, 0.1) is 5.82 Å². The summed E-state index contributed by atoms with van der Waals surface area (Å²) in [5, 5.41) is 1.90. The maximum absolute atomic E-state index is 13.4. The number of aromatic amines is 1. The van der Waals surface area contributed by atoms with Crippen LogP contribution in [0.1, 0.15) is 29.3 Å². The van der Waals surface area contributed by atoms with E-state index in [0.29, 0.717) is 19.1 Å². The van der Waals surface area contributed by atoms with E-state index in [-0.39, 0.29) is 11.9 Å². The number of nitrogens with zero attached hydrogens (tertiary/aromatic N) is 2. The number of hydrogen-bond donors (Lipinski definition) is 1. The van der Waals surface area contributed by atoms with Crippen molar-refractivity contribution in [2.45, 2.75) is 18.9 Å². The molecule has 204 valence electrons. The highest BCUT2D eigenvalue weighted by atomic mass is 35.5. The van der Waals surface area contributed by atoms with Crippen LogP contribution in [-0.2, 0) is 11.2 Å². The zero-order valence-corrected chi connectivity index (χ0v) is 22.6. The lowest BCUT2D eigenvalue weighted by molar-refractivity contribution is 0.0358. The molecule has 6 nitrogen and oxygen atoms in total. The predicted molar refractivity (Wildman–Crippen MR) is 151 cm³/mol. The quantitative estimate of drug-likeness (QED) is 0.258. The third-order valence-electron chi connectivity index (χ3n) is 7.56. The molecule has 1 atom stereocenters. The lowest BCUT2D eigenvalue weighted by Gasteiger charge is -2.36. The van der Waals surface area contributed by atoms with Crippen molar-refractivity contribution in [1.82, 2.24) is 14.8 Å². The van der Waals surface area contributed by atoms with Gasteiger partial charge in [0.1, 0.15) is 24.0 Å². The van der Waals surface area contributed by atoms with Gasteiger partial charge in [0.15, 0.2) is 0 Å². The number of nitrogens with one attached hydrogen (secondary N) is 1. The molecular weight excluding hydrogens is 517 g/mol. The Morgan fingerprint density at radius 1 is 0.949 bits per heavy atom. The van der Waals surface area contributed by atoms with Gasteiger partial charge in [-0.2, -0.15) is 0 Å². The van der Waals surface area contributed by atoms with Crippen molar-refractivity contribution >= 4 is 22.5 Å². The fraction of sp³-hybridized carbons (Fsp3) is 0.355. The number of hydrogen-bond acceptors (Lipinski definition) is 5. The molecule has 3 heterocycles. The molecule has 1 unspecified atom stereocenters. The van der Waals surface area contributed by atoms with E-state index < -0.39 is 0 Å². The second-order valence-corrected chi connectivity index (χ2v) is 10.6. The first-order valence-electron chi connectivity index (χ1n) is 13.6. The zero-order valence-electron chi connectivity index (χ0n) is 21.9. The Labute approximate surface area is 233 Å². The molecule has 1 aromatic heterocycles. The molecule has 0 radical (unpaired) electrons. The Kier molecular flexibility index (Phi) is 8.02. The van der Waals surface area contributed by atoms with Gasteiger partial charge < -0.3 is 19.2 Å². The first-order valence-corrected chi connectivity index (χ1v) is 14.0. The molecular formula is C31H33ClFN3O3. The van der Waals surface area contributed by atoms with E-state index in [0.717, 1.165) is 85.2 Å². The summed E-state index contributed by atoms with van der Waals surface area (Å²) in [5.74, 6) is 1.23. The van der Waals surface area contributed by atoms with Gasteiger partial charge >= 0.3 is 0 Å². The van der Waals surface area contributed by atoms with Gasteiger partial charge in [0.2, 0.25) is 0 Å². The summed E-state index contributed by atoms with van der Waals surface area (Å²) in [5.41, 5.74) is 4.63. The van der Waals surface area contributed by atoms with E-state index in [1.807, 2.05) is 24.3 Å². The minimum atomic E-state index is -0.277. The van der Waals surface area contributed by atoms with Crippen LogP contribution in [0.25, 0.3) is 10.9 Å². The maximum Gasteiger partial charge on any atom is 0.142 e.